The van der Waals surface area contributed by atoms with Crippen molar-refractivity contribution >= 4 is 11.6 Å². The van der Waals surface area contributed by atoms with E-state index in [1.807, 2.05) is 0 Å². The predicted molar refractivity (Wildman–Crippen MR) is 26.6 cm³/mol. The Labute approximate surface area is 66.0 Å². The number of rotatable bonds is 2. The third-order valence-corrected chi connectivity index (χ3v) is 0.593. The molecule has 0 aromatic carbocycles. The van der Waals surface area contributed by atoms with Gasteiger partial charge in [0, 0.05) is 12.3 Å². The summed E-state index contributed by atoms with van der Waals surface area (Å²) < 4.78 is 8.79. The summed E-state index contributed by atoms with van der Waals surface area (Å²) >= 11 is 5.22. The van der Waals surface area contributed by atoms with Gasteiger partial charge in [0.15, 0.2) is 0 Å². The van der Waals surface area contributed by atoms with Gasteiger partial charge in [-0.1, -0.05) is 11.6 Å². The van der Waals surface area contributed by atoms with Crippen molar-refractivity contribution in [1.82, 2.24) is 0 Å². The summed E-state index contributed by atoms with van der Waals surface area (Å²) in [5.41, 5.74) is 0. The Hall–Kier alpha value is 0.227. The fourth-order valence-corrected chi connectivity index (χ4v) is 0.199. The molecule has 0 aliphatic rings. The van der Waals surface area contributed by atoms with Crippen LogP contribution >= 0.6 is 11.6 Å². The molecule has 0 spiro atoms. The van der Waals surface area contributed by atoms with E-state index in [0.29, 0.717) is 0 Å². The van der Waals surface area contributed by atoms with Gasteiger partial charge in [0.25, 0.3) is 0 Å². The van der Waals surface area contributed by atoms with Crippen LogP contribution in [0.4, 0.5) is 0 Å². The Morgan fingerprint density at radius 3 is 2.12 bits per heavy atom. The Morgan fingerprint density at radius 1 is 1.50 bits per heavy atom. The molecule has 42 valence electrons. The van der Waals surface area contributed by atoms with Gasteiger partial charge in [0.1, 0.15) is 0 Å². The number of halogens is 1. The van der Waals surface area contributed by atoms with Gasteiger partial charge < -0.3 is 9.47 Å². The molecule has 0 unspecified atom stereocenters. The first-order chi connectivity index (χ1) is 3.31. The smallest absolute Gasteiger partial charge is 0.691 e. The van der Waals surface area contributed by atoms with Crippen LogP contribution in [-0.2, 0) is 9.47 Å². The van der Waals surface area contributed by atoms with Crippen LogP contribution in [0.1, 0.15) is 0 Å². The van der Waals surface area contributed by atoms with Gasteiger partial charge in [-0.25, -0.2) is 6.26 Å². The molecule has 8 heavy (non-hydrogen) atoms. The molecule has 0 heterocycles. The molecule has 0 fully saturated rings. The van der Waals surface area contributed by atoms with Gasteiger partial charge in [-0.15, -0.1) is 0 Å². The molecule has 0 aromatic rings. The molecular formula is C4H6ClLiO2. The first-order valence-electron chi connectivity index (χ1n) is 1.66. The maximum Gasteiger partial charge on any atom is 1.00 e. The molecule has 0 radical (unpaired) electrons. The zero-order chi connectivity index (χ0) is 5.70. The van der Waals surface area contributed by atoms with E-state index in [4.69, 9.17) is 11.6 Å². The predicted octanol–water partition coefficient (Wildman–Crippen LogP) is -1.88. The zero-order valence-electron chi connectivity index (χ0n) is 5.19. The number of hydrogen-bond donors (Lipinski definition) is 0. The summed E-state index contributed by atoms with van der Waals surface area (Å²) in [6, 6.07) is 0. The van der Waals surface area contributed by atoms with Crippen molar-refractivity contribution in [2.24, 2.45) is 0 Å². The SMILES string of the molecule is CO[C-]=C(Cl)OC.[Li+]. The van der Waals surface area contributed by atoms with E-state index in [-0.39, 0.29) is 24.1 Å². The molecule has 0 saturated heterocycles. The Kier molecular flexibility index (Phi) is 10.0. The van der Waals surface area contributed by atoms with Gasteiger partial charge in [0.05, 0.1) is 7.11 Å². The summed E-state index contributed by atoms with van der Waals surface area (Å²) in [7, 11) is 2.88. The van der Waals surface area contributed by atoms with Gasteiger partial charge in [-0.2, -0.15) is 0 Å². The monoisotopic (exact) mass is 128 g/mol. The van der Waals surface area contributed by atoms with E-state index in [0.717, 1.165) is 0 Å². The molecular weight excluding hydrogens is 122 g/mol. The second-order valence-electron chi connectivity index (χ2n) is 0.784. The minimum atomic E-state index is 0. The number of methoxy groups -OCH3 is 2. The third-order valence-electron chi connectivity index (χ3n) is 0.362. The largest absolute Gasteiger partial charge is 1.00 e. The minimum Gasteiger partial charge on any atom is -0.691 e. The van der Waals surface area contributed by atoms with Crippen molar-refractivity contribution in [1.29, 1.82) is 0 Å². The van der Waals surface area contributed by atoms with Gasteiger partial charge in [-0.3, -0.25) is 0 Å². The van der Waals surface area contributed by atoms with Crippen molar-refractivity contribution in [3.63, 3.8) is 0 Å². The van der Waals surface area contributed by atoms with E-state index in [1.165, 1.54) is 14.2 Å². The van der Waals surface area contributed by atoms with Gasteiger partial charge in [0.2, 0.25) is 0 Å². The molecule has 0 amide bonds. The molecule has 0 aliphatic heterocycles. The average Bonchev–Trinajstić information content (AvgIpc) is 1.68. The summed E-state index contributed by atoms with van der Waals surface area (Å²) in [5, 5.41) is 0.127. The fourth-order valence-electron chi connectivity index (χ4n) is 0.122. The molecule has 0 atom stereocenters. The Morgan fingerprint density at radius 2 is 2.00 bits per heavy atom. The van der Waals surface area contributed by atoms with Crippen LogP contribution in [0.25, 0.3) is 0 Å². The first kappa shape index (κ1) is 11.1. The van der Waals surface area contributed by atoms with E-state index in [9.17, 15) is 0 Å². The van der Waals surface area contributed by atoms with Crippen LogP contribution in [0.5, 0.6) is 0 Å². The number of hydrogen-bond acceptors (Lipinski definition) is 2. The van der Waals surface area contributed by atoms with Crippen molar-refractivity contribution in [3.8, 4) is 0 Å². The molecule has 0 bridgehead atoms. The Bertz CT molecular complexity index is 74.4. The molecule has 4 heteroatoms. The summed E-state index contributed by atoms with van der Waals surface area (Å²) in [6.07, 6.45) is 2.26. The molecule has 0 aliphatic carbocycles. The number of ether oxygens (including phenoxy) is 2. The maximum atomic E-state index is 5.22. The van der Waals surface area contributed by atoms with E-state index >= 15 is 0 Å². The minimum absolute atomic E-state index is 0. The van der Waals surface area contributed by atoms with Crippen molar-refractivity contribution < 1.29 is 28.3 Å². The van der Waals surface area contributed by atoms with E-state index < -0.39 is 0 Å². The summed E-state index contributed by atoms with van der Waals surface area (Å²) in [6.45, 7) is 0. The van der Waals surface area contributed by atoms with Crippen molar-refractivity contribution in [2.75, 3.05) is 14.2 Å². The molecule has 0 N–H and O–H groups in total. The van der Waals surface area contributed by atoms with E-state index in [2.05, 4.69) is 15.7 Å². The second kappa shape index (κ2) is 7.23. The van der Waals surface area contributed by atoms with Crippen LogP contribution in [0.3, 0.4) is 0 Å². The third kappa shape index (κ3) is 6.23. The first-order valence-corrected chi connectivity index (χ1v) is 2.04. The Balaban J connectivity index is 0. The van der Waals surface area contributed by atoms with Crippen LogP contribution in [-0.4, -0.2) is 14.2 Å². The van der Waals surface area contributed by atoms with Crippen molar-refractivity contribution in [2.45, 2.75) is 0 Å². The van der Waals surface area contributed by atoms with Crippen LogP contribution in [0.2, 0.25) is 0 Å². The average molecular weight is 128 g/mol. The quantitative estimate of drug-likeness (QED) is 0.246. The second-order valence-corrected chi connectivity index (χ2v) is 1.13. The topological polar surface area (TPSA) is 18.5 Å². The summed E-state index contributed by atoms with van der Waals surface area (Å²) in [5.74, 6) is 0. The standard InChI is InChI=1S/C4H6ClO2.Li/c1-6-3-4(5)7-2;/h1-2H3;/q-1;+1. The summed E-state index contributed by atoms with van der Waals surface area (Å²) in [4.78, 5) is 0. The molecule has 0 saturated carbocycles. The van der Waals surface area contributed by atoms with Gasteiger partial charge in [-0.05, 0) is 0 Å². The van der Waals surface area contributed by atoms with Gasteiger partial charge >= 0.3 is 18.9 Å². The maximum absolute atomic E-state index is 5.22. The normalized spacial score (nSPS) is 9.62. The molecule has 2 nitrogen and oxygen atoms in total. The zero-order valence-corrected chi connectivity index (χ0v) is 5.95. The van der Waals surface area contributed by atoms with Crippen molar-refractivity contribution in [3.05, 3.63) is 11.5 Å². The fraction of sp³-hybridized carbons (Fsp3) is 0.500. The molecule has 0 rings (SSSR count). The van der Waals surface area contributed by atoms with E-state index in [1.54, 1.807) is 0 Å². The van der Waals surface area contributed by atoms with Crippen LogP contribution in [0, 0.1) is 6.26 Å². The molecule has 0 aromatic heterocycles. The van der Waals surface area contributed by atoms with Crippen LogP contribution < -0.4 is 18.9 Å². The van der Waals surface area contributed by atoms with Crippen LogP contribution in [0.15, 0.2) is 5.22 Å².